The van der Waals surface area contributed by atoms with Crippen molar-refractivity contribution in [3.05, 3.63) is 29.3 Å². The zero-order chi connectivity index (χ0) is 11.1. The topological polar surface area (TPSA) is 38.0 Å². The molecule has 0 bridgehead atoms. The first-order valence-electron chi connectivity index (χ1n) is 5.63. The molecule has 3 N–H and O–H groups in total. The number of anilines is 1. The number of hydrogen-bond acceptors (Lipinski definition) is 2. The van der Waals surface area contributed by atoms with E-state index in [-0.39, 0.29) is 11.5 Å². The van der Waals surface area contributed by atoms with Gasteiger partial charge in [0.25, 0.3) is 0 Å². The molecule has 0 spiro atoms. The van der Waals surface area contributed by atoms with Crippen LogP contribution >= 0.6 is 0 Å². The summed E-state index contributed by atoms with van der Waals surface area (Å²) in [5.74, 6) is 0. The molecule has 1 aliphatic rings. The first-order chi connectivity index (χ1) is 7.00. The van der Waals surface area contributed by atoms with Gasteiger partial charge in [-0.05, 0) is 29.0 Å². The normalized spacial score (nSPS) is 20.7. The molecule has 0 amide bonds. The summed E-state index contributed by atoms with van der Waals surface area (Å²) in [5, 5.41) is 3.43. The quantitative estimate of drug-likeness (QED) is 0.682. The second-order valence-electron chi connectivity index (χ2n) is 5.34. The smallest absolute Gasteiger partial charge is 0.0391 e. The van der Waals surface area contributed by atoms with Crippen LogP contribution in [0.25, 0.3) is 0 Å². The molecule has 0 saturated heterocycles. The zero-order valence-electron chi connectivity index (χ0n) is 9.80. The summed E-state index contributed by atoms with van der Waals surface area (Å²) in [6, 6.07) is 6.64. The van der Waals surface area contributed by atoms with Gasteiger partial charge in [-0.2, -0.15) is 0 Å². The van der Waals surface area contributed by atoms with Crippen LogP contribution in [-0.4, -0.2) is 6.54 Å². The largest absolute Gasteiger partial charge is 0.385 e. The lowest BCUT2D eigenvalue weighted by Gasteiger charge is -2.31. The van der Waals surface area contributed by atoms with Crippen molar-refractivity contribution in [3.8, 4) is 0 Å². The van der Waals surface area contributed by atoms with Crippen molar-refractivity contribution in [2.24, 2.45) is 5.73 Å². The summed E-state index contributed by atoms with van der Waals surface area (Å²) >= 11 is 0. The second-order valence-corrected chi connectivity index (χ2v) is 5.34. The Morgan fingerprint density at radius 2 is 2.07 bits per heavy atom. The third kappa shape index (κ3) is 1.86. The first-order valence-corrected chi connectivity index (χ1v) is 5.63. The van der Waals surface area contributed by atoms with Gasteiger partial charge >= 0.3 is 0 Å². The first kappa shape index (κ1) is 10.5. The predicted octanol–water partition coefficient (Wildman–Crippen LogP) is 2.80. The van der Waals surface area contributed by atoms with E-state index in [0.717, 1.165) is 13.0 Å². The fourth-order valence-corrected chi connectivity index (χ4v) is 2.28. The minimum absolute atomic E-state index is 0.169. The van der Waals surface area contributed by atoms with Gasteiger partial charge in [-0.25, -0.2) is 0 Å². The molecule has 1 aromatic carbocycles. The van der Waals surface area contributed by atoms with E-state index in [1.165, 1.54) is 16.8 Å². The van der Waals surface area contributed by atoms with Crippen molar-refractivity contribution in [1.82, 2.24) is 0 Å². The van der Waals surface area contributed by atoms with E-state index in [0.29, 0.717) is 0 Å². The van der Waals surface area contributed by atoms with Crippen molar-refractivity contribution in [3.63, 3.8) is 0 Å². The van der Waals surface area contributed by atoms with Crippen LogP contribution in [-0.2, 0) is 5.41 Å². The van der Waals surface area contributed by atoms with Gasteiger partial charge in [-0.15, -0.1) is 0 Å². The molecular weight excluding hydrogens is 184 g/mol. The Morgan fingerprint density at radius 1 is 1.33 bits per heavy atom. The summed E-state index contributed by atoms with van der Waals surface area (Å²) in [6.45, 7) is 7.71. The lowest BCUT2D eigenvalue weighted by Crippen LogP contribution is -2.27. The molecule has 1 atom stereocenters. The molecule has 0 saturated carbocycles. The van der Waals surface area contributed by atoms with Crippen molar-refractivity contribution in [1.29, 1.82) is 0 Å². The monoisotopic (exact) mass is 204 g/mol. The number of fused-ring (bicyclic) bond motifs is 1. The maximum atomic E-state index is 6.20. The summed E-state index contributed by atoms with van der Waals surface area (Å²) in [6.07, 6.45) is 1.03. The maximum absolute atomic E-state index is 6.20. The fraction of sp³-hybridized carbons (Fsp3) is 0.538. The van der Waals surface area contributed by atoms with E-state index in [2.05, 4.69) is 44.3 Å². The molecule has 15 heavy (non-hydrogen) atoms. The minimum atomic E-state index is 0.169. The molecule has 2 heteroatoms. The van der Waals surface area contributed by atoms with E-state index in [4.69, 9.17) is 5.73 Å². The van der Waals surface area contributed by atoms with Gasteiger partial charge in [0, 0.05) is 18.3 Å². The van der Waals surface area contributed by atoms with Gasteiger partial charge in [-0.1, -0.05) is 32.9 Å². The molecule has 1 aliphatic heterocycles. The molecule has 0 radical (unpaired) electrons. The van der Waals surface area contributed by atoms with Crippen LogP contribution in [0.4, 0.5) is 5.69 Å². The SMILES string of the molecule is CC(C)(C)c1cccc2c1C(N)CCN2. The highest BCUT2D eigenvalue weighted by atomic mass is 14.9. The number of rotatable bonds is 0. The number of hydrogen-bond donors (Lipinski definition) is 2. The van der Waals surface area contributed by atoms with Crippen LogP contribution in [0, 0.1) is 0 Å². The highest BCUT2D eigenvalue weighted by Crippen LogP contribution is 2.36. The van der Waals surface area contributed by atoms with E-state index in [1.54, 1.807) is 0 Å². The Hall–Kier alpha value is -1.02. The van der Waals surface area contributed by atoms with Crippen LogP contribution in [0.1, 0.15) is 44.4 Å². The summed E-state index contributed by atoms with van der Waals surface area (Å²) < 4.78 is 0. The van der Waals surface area contributed by atoms with Crippen LogP contribution in [0.15, 0.2) is 18.2 Å². The Bertz CT molecular complexity index is 363. The molecule has 1 aromatic rings. The molecule has 2 nitrogen and oxygen atoms in total. The van der Waals surface area contributed by atoms with Crippen LogP contribution in [0.5, 0.6) is 0 Å². The summed E-state index contributed by atoms with van der Waals surface area (Å²) in [7, 11) is 0. The molecule has 0 aliphatic carbocycles. The highest BCUT2D eigenvalue weighted by Gasteiger charge is 2.25. The predicted molar refractivity (Wildman–Crippen MR) is 65.2 cm³/mol. The third-order valence-electron chi connectivity index (χ3n) is 3.06. The molecule has 1 unspecified atom stereocenters. The average Bonchev–Trinajstić information content (AvgIpc) is 2.16. The molecule has 1 heterocycles. The maximum Gasteiger partial charge on any atom is 0.0391 e. The standard InChI is InChI=1S/C13H20N2/c1-13(2,3)9-5-4-6-11-12(9)10(14)7-8-15-11/h4-6,10,15H,7-8,14H2,1-3H3. The minimum Gasteiger partial charge on any atom is -0.385 e. The summed E-state index contributed by atoms with van der Waals surface area (Å²) in [5.41, 5.74) is 10.3. The second kappa shape index (κ2) is 3.53. The van der Waals surface area contributed by atoms with E-state index in [9.17, 15) is 0 Å². The van der Waals surface area contributed by atoms with Crippen LogP contribution < -0.4 is 11.1 Å². The van der Waals surface area contributed by atoms with E-state index >= 15 is 0 Å². The van der Waals surface area contributed by atoms with Gasteiger partial charge in [-0.3, -0.25) is 0 Å². The van der Waals surface area contributed by atoms with Crippen molar-refractivity contribution in [2.75, 3.05) is 11.9 Å². The molecule has 0 fully saturated rings. The van der Waals surface area contributed by atoms with Gasteiger partial charge in [0.1, 0.15) is 0 Å². The Kier molecular flexibility index (Phi) is 2.47. The van der Waals surface area contributed by atoms with Crippen molar-refractivity contribution < 1.29 is 0 Å². The number of nitrogens with two attached hydrogens (primary N) is 1. The van der Waals surface area contributed by atoms with E-state index < -0.39 is 0 Å². The third-order valence-corrected chi connectivity index (χ3v) is 3.06. The molecule has 2 rings (SSSR count). The average molecular weight is 204 g/mol. The van der Waals surface area contributed by atoms with E-state index in [1.807, 2.05) is 0 Å². The number of nitrogens with one attached hydrogen (secondary N) is 1. The zero-order valence-corrected chi connectivity index (χ0v) is 9.80. The lowest BCUT2D eigenvalue weighted by molar-refractivity contribution is 0.558. The molecule has 0 aromatic heterocycles. The van der Waals surface area contributed by atoms with Crippen LogP contribution in [0.2, 0.25) is 0 Å². The summed E-state index contributed by atoms with van der Waals surface area (Å²) in [4.78, 5) is 0. The Balaban J connectivity index is 2.57. The Morgan fingerprint density at radius 3 is 2.73 bits per heavy atom. The lowest BCUT2D eigenvalue weighted by atomic mass is 9.80. The Labute approximate surface area is 91.9 Å². The van der Waals surface area contributed by atoms with Gasteiger partial charge in [0.2, 0.25) is 0 Å². The van der Waals surface area contributed by atoms with Gasteiger partial charge in [0.15, 0.2) is 0 Å². The van der Waals surface area contributed by atoms with Gasteiger partial charge in [0.05, 0.1) is 0 Å². The fourth-order valence-electron chi connectivity index (χ4n) is 2.28. The number of benzene rings is 1. The molecular formula is C13H20N2. The van der Waals surface area contributed by atoms with Gasteiger partial charge < -0.3 is 11.1 Å². The van der Waals surface area contributed by atoms with Crippen LogP contribution in [0.3, 0.4) is 0 Å². The molecule has 82 valence electrons. The highest BCUT2D eigenvalue weighted by molar-refractivity contribution is 5.59. The van der Waals surface area contributed by atoms with Crippen molar-refractivity contribution in [2.45, 2.75) is 38.6 Å². The van der Waals surface area contributed by atoms with Crippen molar-refractivity contribution >= 4 is 5.69 Å².